The average Bonchev–Trinajstić information content (AvgIpc) is 3.51. The summed E-state index contributed by atoms with van der Waals surface area (Å²) in [5.74, 6) is -1.03. The maximum absolute atomic E-state index is 6.15. The molecule has 5 heteroatoms. The van der Waals surface area contributed by atoms with Gasteiger partial charge in [-0.15, -0.1) is 0 Å². The maximum atomic E-state index is 6.15. The fourth-order valence-corrected chi connectivity index (χ4v) is 4.32. The van der Waals surface area contributed by atoms with Crippen molar-refractivity contribution in [3.05, 3.63) is 101 Å². The van der Waals surface area contributed by atoms with Gasteiger partial charge in [0, 0.05) is 22.3 Å². The topological polar surface area (TPSA) is 46.2 Å². The highest BCUT2D eigenvalue weighted by molar-refractivity contribution is 5.42. The Morgan fingerprint density at radius 1 is 0.548 bits per heavy atom. The highest BCUT2D eigenvalue weighted by atomic mass is 16.7. The largest absolute Gasteiger partial charge is 0.497 e. The van der Waals surface area contributed by atoms with Crippen molar-refractivity contribution in [2.75, 3.05) is 33.5 Å². The second-order valence-electron chi connectivity index (χ2n) is 7.80. The Kier molecular flexibility index (Phi) is 5.28. The number of benzene rings is 3. The van der Waals surface area contributed by atoms with Crippen molar-refractivity contribution in [1.82, 2.24) is 0 Å². The van der Waals surface area contributed by atoms with Crippen molar-refractivity contribution >= 4 is 0 Å². The fraction of sp³-hybridized carbons (Fsp3) is 0.308. The molecule has 3 aromatic rings. The zero-order chi connectivity index (χ0) is 21.3. The molecule has 0 aromatic heterocycles. The molecule has 5 nitrogen and oxygen atoms in total. The highest BCUT2D eigenvalue weighted by Gasteiger charge is 2.43. The molecule has 0 aliphatic carbocycles. The Balaban J connectivity index is 1.52. The summed E-state index contributed by atoms with van der Waals surface area (Å²) in [6, 6.07) is 24.2. The van der Waals surface area contributed by atoms with Gasteiger partial charge in [-0.25, -0.2) is 0 Å². The van der Waals surface area contributed by atoms with E-state index in [0.717, 1.165) is 28.0 Å². The van der Waals surface area contributed by atoms with Crippen LogP contribution < -0.4 is 4.74 Å². The third-order valence-electron chi connectivity index (χ3n) is 5.93. The quantitative estimate of drug-likeness (QED) is 0.611. The van der Waals surface area contributed by atoms with Crippen LogP contribution in [-0.2, 0) is 30.5 Å². The lowest BCUT2D eigenvalue weighted by Crippen LogP contribution is -2.30. The Morgan fingerprint density at radius 2 is 0.871 bits per heavy atom. The SMILES string of the molecule is COc1ccc(C2(c3ccc(C4(c5ccc(C)cc5)OCCO4)cc3)OCCO2)cc1. The molecule has 2 saturated heterocycles. The van der Waals surface area contributed by atoms with Crippen molar-refractivity contribution in [2.24, 2.45) is 0 Å². The van der Waals surface area contributed by atoms with Crippen LogP contribution in [0.1, 0.15) is 27.8 Å². The van der Waals surface area contributed by atoms with E-state index in [2.05, 4.69) is 31.2 Å². The van der Waals surface area contributed by atoms with Gasteiger partial charge in [-0.1, -0.05) is 54.1 Å². The van der Waals surface area contributed by atoms with E-state index in [-0.39, 0.29) is 0 Å². The molecular weight excluding hydrogens is 392 g/mol. The molecule has 0 saturated carbocycles. The molecule has 0 atom stereocenters. The van der Waals surface area contributed by atoms with Crippen LogP contribution in [0.15, 0.2) is 72.8 Å². The lowest BCUT2D eigenvalue weighted by Gasteiger charge is -2.31. The lowest BCUT2D eigenvalue weighted by atomic mass is 9.92. The first-order valence-electron chi connectivity index (χ1n) is 10.5. The number of rotatable bonds is 5. The van der Waals surface area contributed by atoms with Crippen LogP contribution in [0.4, 0.5) is 0 Å². The molecule has 2 aliphatic rings. The summed E-state index contributed by atoms with van der Waals surface area (Å²) in [7, 11) is 1.66. The molecule has 0 spiro atoms. The predicted molar refractivity (Wildman–Crippen MR) is 116 cm³/mol. The zero-order valence-corrected chi connectivity index (χ0v) is 17.8. The van der Waals surface area contributed by atoms with Gasteiger partial charge in [-0.05, 0) is 31.2 Å². The third-order valence-corrected chi connectivity index (χ3v) is 5.93. The van der Waals surface area contributed by atoms with Crippen LogP contribution in [-0.4, -0.2) is 33.5 Å². The first-order chi connectivity index (χ1) is 15.2. The van der Waals surface area contributed by atoms with E-state index in [1.54, 1.807) is 7.11 Å². The highest BCUT2D eigenvalue weighted by Crippen LogP contribution is 2.42. The summed E-state index contributed by atoms with van der Waals surface area (Å²) in [5.41, 5.74) is 4.99. The molecule has 0 bridgehead atoms. The van der Waals surface area contributed by atoms with Gasteiger partial charge in [0.2, 0.25) is 11.6 Å². The minimum absolute atomic E-state index is 0.535. The van der Waals surface area contributed by atoms with Gasteiger partial charge < -0.3 is 23.7 Å². The van der Waals surface area contributed by atoms with Crippen LogP contribution in [0.2, 0.25) is 0 Å². The van der Waals surface area contributed by atoms with E-state index in [9.17, 15) is 0 Å². The van der Waals surface area contributed by atoms with Gasteiger partial charge in [0.15, 0.2) is 0 Å². The number of aryl methyl sites for hydroxylation is 1. The molecule has 3 aromatic carbocycles. The first kappa shape index (κ1) is 20.2. The monoisotopic (exact) mass is 418 g/mol. The predicted octanol–water partition coefficient (Wildman–Crippen LogP) is 4.50. The fourth-order valence-electron chi connectivity index (χ4n) is 4.32. The Bertz CT molecular complexity index is 1010. The van der Waals surface area contributed by atoms with Crippen LogP contribution in [0.25, 0.3) is 0 Å². The number of hydrogen-bond donors (Lipinski definition) is 0. The zero-order valence-electron chi connectivity index (χ0n) is 17.8. The smallest absolute Gasteiger partial charge is 0.222 e. The van der Waals surface area contributed by atoms with Gasteiger partial charge in [-0.3, -0.25) is 0 Å². The van der Waals surface area contributed by atoms with E-state index in [0.29, 0.717) is 26.4 Å². The molecule has 0 N–H and O–H groups in total. The van der Waals surface area contributed by atoms with Crippen molar-refractivity contribution in [2.45, 2.75) is 18.5 Å². The Morgan fingerprint density at radius 3 is 1.23 bits per heavy atom. The molecule has 31 heavy (non-hydrogen) atoms. The van der Waals surface area contributed by atoms with Crippen molar-refractivity contribution < 1.29 is 23.7 Å². The second kappa shape index (κ2) is 8.09. The first-order valence-corrected chi connectivity index (χ1v) is 10.5. The van der Waals surface area contributed by atoms with Gasteiger partial charge in [0.05, 0.1) is 33.5 Å². The average molecular weight is 418 g/mol. The molecule has 0 radical (unpaired) electrons. The minimum Gasteiger partial charge on any atom is -0.497 e. The van der Waals surface area contributed by atoms with E-state index < -0.39 is 11.6 Å². The van der Waals surface area contributed by atoms with Crippen LogP contribution in [0.3, 0.4) is 0 Å². The summed E-state index contributed by atoms with van der Waals surface area (Å²) in [6.45, 7) is 4.25. The number of hydrogen-bond acceptors (Lipinski definition) is 5. The van der Waals surface area contributed by atoms with E-state index in [1.165, 1.54) is 5.56 Å². The summed E-state index contributed by atoms with van der Waals surface area (Å²) >= 11 is 0. The van der Waals surface area contributed by atoms with E-state index >= 15 is 0 Å². The van der Waals surface area contributed by atoms with Crippen molar-refractivity contribution in [3.8, 4) is 5.75 Å². The third kappa shape index (κ3) is 3.44. The van der Waals surface area contributed by atoms with Gasteiger partial charge in [-0.2, -0.15) is 0 Å². The van der Waals surface area contributed by atoms with E-state index in [1.807, 2.05) is 48.5 Å². The van der Waals surface area contributed by atoms with Gasteiger partial charge in [0.1, 0.15) is 5.75 Å². The summed E-state index contributed by atoms with van der Waals surface area (Å²) in [5, 5.41) is 0. The Hall–Kier alpha value is -2.70. The van der Waals surface area contributed by atoms with Crippen molar-refractivity contribution in [3.63, 3.8) is 0 Å². The van der Waals surface area contributed by atoms with Crippen molar-refractivity contribution in [1.29, 1.82) is 0 Å². The lowest BCUT2D eigenvalue weighted by molar-refractivity contribution is -0.132. The van der Waals surface area contributed by atoms with Gasteiger partial charge >= 0.3 is 0 Å². The number of methoxy groups -OCH3 is 1. The number of ether oxygens (including phenoxy) is 5. The molecule has 0 unspecified atom stereocenters. The molecule has 2 fully saturated rings. The molecule has 2 aliphatic heterocycles. The normalized spacial score (nSPS) is 19.4. The minimum atomic E-state index is -0.931. The summed E-state index contributed by atoms with van der Waals surface area (Å²) in [4.78, 5) is 0. The van der Waals surface area contributed by atoms with Crippen LogP contribution >= 0.6 is 0 Å². The molecule has 160 valence electrons. The standard InChI is InChI=1S/C26H26O5/c1-19-3-5-20(6-4-19)25(28-15-16-29-25)21-7-9-22(10-8-21)26(30-17-18-31-26)23-11-13-24(27-2)14-12-23/h3-14H,15-18H2,1-2H3. The second-order valence-corrected chi connectivity index (χ2v) is 7.80. The molecule has 2 heterocycles. The summed E-state index contributed by atoms with van der Waals surface area (Å²) in [6.07, 6.45) is 0. The molecule has 5 rings (SSSR count). The van der Waals surface area contributed by atoms with Crippen LogP contribution in [0.5, 0.6) is 5.75 Å². The molecular formula is C26H26O5. The van der Waals surface area contributed by atoms with E-state index in [4.69, 9.17) is 23.7 Å². The Labute approximate surface area is 182 Å². The maximum Gasteiger partial charge on any atom is 0.222 e. The van der Waals surface area contributed by atoms with Gasteiger partial charge in [0.25, 0.3) is 0 Å². The summed E-state index contributed by atoms with van der Waals surface area (Å²) < 4.78 is 29.9. The molecule has 0 amide bonds. The van der Waals surface area contributed by atoms with Crippen LogP contribution in [0, 0.1) is 6.92 Å².